The molecule has 0 bridgehead atoms. The molecule has 6 heterocycles. The Morgan fingerprint density at radius 2 is 1.20 bits per heavy atom. The minimum atomic E-state index is 0. The normalized spacial score (nSPS) is 21.0. The van der Waals surface area contributed by atoms with Gasteiger partial charge in [0.1, 0.15) is 31.9 Å². The summed E-state index contributed by atoms with van der Waals surface area (Å²) in [5.41, 5.74) is 13.9. The van der Waals surface area contributed by atoms with E-state index >= 15 is 0 Å². The standard InChI is InChI=1S/C21H24Br2N10.2H2S/c22-16-14-18(24)26-5-9-32(14)20(28-16)12-3-1-7-30(12)11-31-8-2-4-13(31)21-29-17(23)15-19(25)27-6-10-33(15)21;;/h5-6,9-10,12-13H,1-4,7-8,11H2,(H2,24,26)(H2,25,27);2*1H2/t12-,13-;;/m0../s1. The van der Waals surface area contributed by atoms with E-state index < -0.39 is 0 Å². The third-order valence-corrected chi connectivity index (χ3v) is 7.93. The van der Waals surface area contributed by atoms with Crippen molar-refractivity contribution in [3.8, 4) is 0 Å². The van der Waals surface area contributed by atoms with Crippen LogP contribution >= 0.6 is 58.9 Å². The number of rotatable bonds is 4. The maximum atomic E-state index is 6.13. The molecule has 10 nitrogen and oxygen atoms in total. The highest BCUT2D eigenvalue weighted by atomic mass is 79.9. The molecule has 2 fully saturated rings. The average molecular weight is 644 g/mol. The smallest absolute Gasteiger partial charge is 0.150 e. The van der Waals surface area contributed by atoms with Gasteiger partial charge in [0.25, 0.3) is 0 Å². The predicted octanol–water partition coefficient (Wildman–Crippen LogP) is 3.62. The molecule has 4 N–H and O–H groups in total. The summed E-state index contributed by atoms with van der Waals surface area (Å²) in [7, 11) is 0. The van der Waals surface area contributed by atoms with E-state index in [1.807, 2.05) is 12.4 Å². The van der Waals surface area contributed by atoms with Crippen molar-refractivity contribution < 1.29 is 0 Å². The van der Waals surface area contributed by atoms with Crippen molar-refractivity contribution in [1.82, 2.24) is 38.5 Å². The van der Waals surface area contributed by atoms with Gasteiger partial charge in [-0.05, 0) is 57.5 Å². The second-order valence-corrected chi connectivity index (χ2v) is 10.2. The molecule has 2 aliphatic rings. The maximum Gasteiger partial charge on any atom is 0.150 e. The fraction of sp³-hybridized carbons (Fsp3) is 0.429. The monoisotopic (exact) mass is 642 g/mol. The van der Waals surface area contributed by atoms with Crippen LogP contribution in [0.2, 0.25) is 0 Å². The first-order chi connectivity index (χ1) is 16.0. The number of nitrogen functional groups attached to an aromatic ring is 2. The Balaban J connectivity index is 0.00000144. The first-order valence-electron chi connectivity index (χ1n) is 11.1. The number of hydrogen-bond acceptors (Lipinski definition) is 8. The van der Waals surface area contributed by atoms with Crippen molar-refractivity contribution in [3.63, 3.8) is 0 Å². The Bertz CT molecular complexity index is 1260. The highest BCUT2D eigenvalue weighted by Crippen LogP contribution is 2.38. The molecule has 14 heteroatoms. The van der Waals surface area contributed by atoms with E-state index in [1.54, 1.807) is 12.4 Å². The quantitative estimate of drug-likeness (QED) is 0.346. The summed E-state index contributed by atoms with van der Waals surface area (Å²) in [6, 6.07) is 0.436. The largest absolute Gasteiger partial charge is 0.382 e. The molecule has 2 aliphatic heterocycles. The molecule has 35 heavy (non-hydrogen) atoms. The summed E-state index contributed by atoms with van der Waals surface area (Å²) in [6.07, 6.45) is 11.8. The molecular weight excluding hydrogens is 616 g/mol. The fourth-order valence-electron chi connectivity index (χ4n) is 5.36. The first-order valence-corrected chi connectivity index (χ1v) is 12.7. The SMILES string of the molecule is Nc1nccn2c([C@@H]3CCCN3CN3CCC[C@H]3c3nc(Br)c4c(N)nccn34)nc(Br)c12.S.S. The Hall–Kier alpha value is -1.58. The number of anilines is 2. The number of aromatic nitrogens is 6. The van der Waals surface area contributed by atoms with Gasteiger partial charge in [0.2, 0.25) is 0 Å². The van der Waals surface area contributed by atoms with Crippen LogP contribution in [0.4, 0.5) is 11.6 Å². The van der Waals surface area contributed by atoms with Crippen LogP contribution in [0.25, 0.3) is 11.0 Å². The average Bonchev–Trinajstić information content (AvgIpc) is 3.56. The van der Waals surface area contributed by atoms with Crippen LogP contribution in [0, 0.1) is 0 Å². The fourth-order valence-corrected chi connectivity index (χ4v) is 6.52. The van der Waals surface area contributed by atoms with E-state index in [0.29, 0.717) is 11.6 Å². The van der Waals surface area contributed by atoms with Crippen molar-refractivity contribution in [2.75, 3.05) is 31.2 Å². The molecule has 0 aliphatic carbocycles. The molecule has 4 aromatic heterocycles. The lowest BCUT2D eigenvalue weighted by Gasteiger charge is -2.31. The van der Waals surface area contributed by atoms with Crippen LogP contribution in [0.1, 0.15) is 49.4 Å². The van der Waals surface area contributed by atoms with Crippen LogP contribution in [-0.4, -0.2) is 58.3 Å². The molecule has 0 aromatic carbocycles. The summed E-state index contributed by atoms with van der Waals surface area (Å²) < 4.78 is 5.64. The van der Waals surface area contributed by atoms with E-state index in [0.717, 1.165) is 77.3 Å². The highest BCUT2D eigenvalue weighted by Gasteiger charge is 2.36. The van der Waals surface area contributed by atoms with Gasteiger partial charge in [0.05, 0.1) is 18.8 Å². The minimum absolute atomic E-state index is 0. The molecule has 0 unspecified atom stereocenters. The van der Waals surface area contributed by atoms with Gasteiger partial charge in [0.15, 0.2) is 11.6 Å². The second-order valence-electron chi connectivity index (χ2n) is 8.67. The number of hydrogen-bond donors (Lipinski definition) is 2. The van der Waals surface area contributed by atoms with Crippen LogP contribution < -0.4 is 11.5 Å². The van der Waals surface area contributed by atoms with E-state index in [-0.39, 0.29) is 39.1 Å². The van der Waals surface area contributed by atoms with Crippen LogP contribution in [0.5, 0.6) is 0 Å². The number of nitrogens with zero attached hydrogens (tertiary/aromatic N) is 8. The lowest BCUT2D eigenvalue weighted by atomic mass is 10.2. The number of imidazole rings is 2. The van der Waals surface area contributed by atoms with Gasteiger partial charge in [-0.3, -0.25) is 18.6 Å². The molecule has 0 amide bonds. The predicted molar refractivity (Wildman–Crippen MR) is 153 cm³/mol. The number of halogens is 2. The molecule has 0 spiro atoms. The zero-order chi connectivity index (χ0) is 22.7. The van der Waals surface area contributed by atoms with E-state index in [4.69, 9.17) is 21.4 Å². The van der Waals surface area contributed by atoms with Crippen LogP contribution in [0.3, 0.4) is 0 Å². The molecule has 188 valence electrons. The van der Waals surface area contributed by atoms with Crippen molar-refractivity contribution in [2.24, 2.45) is 0 Å². The highest BCUT2D eigenvalue weighted by molar-refractivity contribution is 9.10. The zero-order valence-electron chi connectivity index (χ0n) is 18.9. The molecular formula is C21H28Br2N10S2. The van der Waals surface area contributed by atoms with Crippen LogP contribution in [-0.2, 0) is 0 Å². The Morgan fingerprint density at radius 3 is 1.63 bits per heavy atom. The molecule has 0 radical (unpaired) electrons. The maximum absolute atomic E-state index is 6.13. The number of nitrogens with two attached hydrogens (primary N) is 2. The van der Waals surface area contributed by atoms with Gasteiger partial charge in [-0.1, -0.05) is 0 Å². The lowest BCUT2D eigenvalue weighted by Crippen LogP contribution is -2.38. The van der Waals surface area contributed by atoms with E-state index in [1.165, 1.54) is 0 Å². The first kappa shape index (κ1) is 26.5. The van der Waals surface area contributed by atoms with Gasteiger partial charge in [-0.25, -0.2) is 19.9 Å². The van der Waals surface area contributed by atoms with E-state index in [9.17, 15) is 0 Å². The van der Waals surface area contributed by atoms with Crippen LogP contribution in [0.15, 0.2) is 34.0 Å². The Morgan fingerprint density at radius 1 is 0.771 bits per heavy atom. The molecule has 4 aromatic rings. The summed E-state index contributed by atoms with van der Waals surface area (Å²) >= 11 is 7.17. The summed E-state index contributed by atoms with van der Waals surface area (Å²) in [4.78, 5) is 23.2. The van der Waals surface area contributed by atoms with Gasteiger partial charge in [-0.15, -0.1) is 0 Å². The molecule has 2 saturated heterocycles. The third kappa shape index (κ3) is 4.42. The summed E-state index contributed by atoms with van der Waals surface area (Å²) in [6.45, 7) is 2.92. The van der Waals surface area contributed by atoms with Gasteiger partial charge < -0.3 is 11.5 Å². The second kappa shape index (κ2) is 10.4. The van der Waals surface area contributed by atoms with E-state index in [2.05, 4.69) is 60.4 Å². The minimum Gasteiger partial charge on any atom is -0.382 e. The summed E-state index contributed by atoms with van der Waals surface area (Å²) in [5.74, 6) is 2.98. The summed E-state index contributed by atoms with van der Waals surface area (Å²) in [5, 5.41) is 0. The molecule has 6 rings (SSSR count). The van der Waals surface area contributed by atoms with Crippen molar-refractivity contribution in [3.05, 3.63) is 45.6 Å². The zero-order valence-corrected chi connectivity index (χ0v) is 24.1. The molecule has 0 saturated carbocycles. The van der Waals surface area contributed by atoms with Gasteiger partial charge >= 0.3 is 0 Å². The topological polar surface area (TPSA) is 119 Å². The third-order valence-electron chi connectivity index (χ3n) is 6.82. The lowest BCUT2D eigenvalue weighted by molar-refractivity contribution is 0.104. The van der Waals surface area contributed by atoms with Gasteiger partial charge in [0, 0.05) is 37.9 Å². The molecule has 2 atom stereocenters. The van der Waals surface area contributed by atoms with Crippen molar-refractivity contribution in [2.45, 2.75) is 37.8 Å². The van der Waals surface area contributed by atoms with Crippen molar-refractivity contribution in [1.29, 1.82) is 0 Å². The Kier molecular flexibility index (Phi) is 7.88. The van der Waals surface area contributed by atoms with Crippen molar-refractivity contribution >= 4 is 81.5 Å². The number of likely N-dealkylation sites (tertiary alicyclic amines) is 2. The Labute approximate surface area is 233 Å². The number of fused-ring (bicyclic) bond motifs is 2. The van der Waals surface area contributed by atoms with Gasteiger partial charge in [-0.2, -0.15) is 27.0 Å².